The van der Waals surface area contributed by atoms with Crippen molar-refractivity contribution in [3.8, 4) is 5.75 Å². The predicted octanol–water partition coefficient (Wildman–Crippen LogP) is 3.99. The molecule has 0 aliphatic carbocycles. The van der Waals surface area contributed by atoms with Crippen molar-refractivity contribution in [3.05, 3.63) is 64.5 Å². The molecule has 3 rings (SSSR count). The SMILES string of the molecule is COc1ccc(C(F)(F)F)cc1CCc1c(F)cccc1C1=NCCN1. The van der Waals surface area contributed by atoms with E-state index in [-0.39, 0.29) is 12.8 Å². The van der Waals surface area contributed by atoms with Gasteiger partial charge in [-0.1, -0.05) is 12.1 Å². The van der Waals surface area contributed by atoms with E-state index in [1.54, 1.807) is 12.1 Å². The molecule has 1 heterocycles. The largest absolute Gasteiger partial charge is 0.496 e. The van der Waals surface area contributed by atoms with Crippen LogP contribution in [0.1, 0.15) is 22.3 Å². The average Bonchev–Trinajstić information content (AvgIpc) is 3.14. The minimum Gasteiger partial charge on any atom is -0.496 e. The third-order valence-corrected chi connectivity index (χ3v) is 4.30. The van der Waals surface area contributed by atoms with Gasteiger partial charge in [0.15, 0.2) is 0 Å². The first-order valence-corrected chi connectivity index (χ1v) is 8.20. The first kappa shape index (κ1) is 18.2. The zero-order valence-corrected chi connectivity index (χ0v) is 14.2. The Morgan fingerprint density at radius 2 is 1.96 bits per heavy atom. The standard InChI is InChI=1S/C19H18F4N2O/c1-26-17-8-6-13(19(21,22)23)11-12(17)5-7-14-15(3-2-4-16(14)20)18-24-9-10-25-18/h2-4,6,8,11H,5,7,9-10H2,1H3,(H,24,25). The first-order chi connectivity index (χ1) is 12.4. The van der Waals surface area contributed by atoms with Crippen LogP contribution in [0.15, 0.2) is 41.4 Å². The number of nitrogens with zero attached hydrogens (tertiary/aromatic N) is 1. The number of ether oxygens (including phenoxy) is 1. The van der Waals surface area contributed by atoms with Crippen LogP contribution in [0.5, 0.6) is 5.75 Å². The van der Waals surface area contributed by atoms with Gasteiger partial charge in [0.2, 0.25) is 0 Å². The van der Waals surface area contributed by atoms with Crippen molar-refractivity contribution in [3.63, 3.8) is 0 Å². The molecule has 138 valence electrons. The van der Waals surface area contributed by atoms with Crippen LogP contribution in [0, 0.1) is 5.82 Å². The number of halogens is 4. The van der Waals surface area contributed by atoms with E-state index in [0.29, 0.717) is 41.4 Å². The molecule has 1 N–H and O–H groups in total. The minimum absolute atomic E-state index is 0.217. The Balaban J connectivity index is 1.90. The number of amidine groups is 1. The van der Waals surface area contributed by atoms with Crippen molar-refractivity contribution in [2.45, 2.75) is 19.0 Å². The maximum absolute atomic E-state index is 14.4. The molecule has 0 unspecified atom stereocenters. The highest BCUT2D eigenvalue weighted by Gasteiger charge is 2.31. The van der Waals surface area contributed by atoms with Gasteiger partial charge in [-0.15, -0.1) is 0 Å². The maximum Gasteiger partial charge on any atom is 0.416 e. The molecule has 0 aromatic heterocycles. The highest BCUT2D eigenvalue weighted by Crippen LogP contribution is 2.33. The third-order valence-electron chi connectivity index (χ3n) is 4.30. The zero-order valence-electron chi connectivity index (χ0n) is 14.2. The summed E-state index contributed by atoms with van der Waals surface area (Å²) in [6, 6.07) is 8.04. The highest BCUT2D eigenvalue weighted by molar-refractivity contribution is 6.01. The minimum atomic E-state index is -4.44. The summed E-state index contributed by atoms with van der Waals surface area (Å²) in [4.78, 5) is 4.31. The number of benzene rings is 2. The first-order valence-electron chi connectivity index (χ1n) is 8.20. The number of hydrogen-bond donors (Lipinski definition) is 1. The van der Waals surface area contributed by atoms with E-state index in [9.17, 15) is 17.6 Å². The number of hydrogen-bond acceptors (Lipinski definition) is 3. The highest BCUT2D eigenvalue weighted by atomic mass is 19.4. The predicted molar refractivity (Wildman–Crippen MR) is 91.2 cm³/mol. The molecule has 3 nitrogen and oxygen atoms in total. The monoisotopic (exact) mass is 366 g/mol. The molecule has 0 fully saturated rings. The van der Waals surface area contributed by atoms with Crippen LogP contribution in [0.25, 0.3) is 0 Å². The lowest BCUT2D eigenvalue weighted by molar-refractivity contribution is -0.137. The Kier molecular flexibility index (Phi) is 5.15. The quantitative estimate of drug-likeness (QED) is 0.812. The van der Waals surface area contributed by atoms with Crippen molar-refractivity contribution < 1.29 is 22.3 Å². The van der Waals surface area contributed by atoms with Crippen molar-refractivity contribution in [1.29, 1.82) is 0 Å². The molecule has 0 bridgehead atoms. The van der Waals surface area contributed by atoms with E-state index in [0.717, 1.165) is 12.1 Å². The lowest BCUT2D eigenvalue weighted by Crippen LogP contribution is -2.21. The molecular formula is C19H18F4N2O. The van der Waals surface area contributed by atoms with Crippen LogP contribution in [0.3, 0.4) is 0 Å². The van der Waals surface area contributed by atoms with Gasteiger partial charge in [-0.25, -0.2) is 4.39 Å². The van der Waals surface area contributed by atoms with Crippen molar-refractivity contribution in [2.24, 2.45) is 4.99 Å². The van der Waals surface area contributed by atoms with Gasteiger partial charge >= 0.3 is 6.18 Å². The fraction of sp³-hybridized carbons (Fsp3) is 0.316. The van der Waals surface area contributed by atoms with Crippen LogP contribution in [0.2, 0.25) is 0 Å². The van der Waals surface area contributed by atoms with E-state index < -0.39 is 17.6 Å². The summed E-state index contributed by atoms with van der Waals surface area (Å²) in [7, 11) is 1.40. The van der Waals surface area contributed by atoms with Gasteiger partial charge in [-0.05, 0) is 48.2 Å². The molecule has 7 heteroatoms. The number of nitrogens with one attached hydrogen (secondary N) is 1. The average molecular weight is 366 g/mol. The van der Waals surface area contributed by atoms with E-state index in [4.69, 9.17) is 4.74 Å². The number of rotatable bonds is 5. The summed E-state index contributed by atoms with van der Waals surface area (Å²) in [5, 5.41) is 3.10. The summed E-state index contributed by atoms with van der Waals surface area (Å²) in [6.45, 7) is 1.31. The van der Waals surface area contributed by atoms with Crippen LogP contribution in [0.4, 0.5) is 17.6 Å². The Hall–Kier alpha value is -2.57. The summed E-state index contributed by atoms with van der Waals surface area (Å²) >= 11 is 0. The molecule has 0 saturated heterocycles. The second-order valence-corrected chi connectivity index (χ2v) is 5.95. The lowest BCUT2D eigenvalue weighted by atomic mass is 9.97. The van der Waals surface area contributed by atoms with Gasteiger partial charge in [0.25, 0.3) is 0 Å². The maximum atomic E-state index is 14.4. The molecule has 0 atom stereocenters. The van der Waals surface area contributed by atoms with Gasteiger partial charge in [-0.2, -0.15) is 13.2 Å². The van der Waals surface area contributed by atoms with E-state index in [1.165, 1.54) is 19.2 Å². The Labute approximate surface area is 148 Å². The van der Waals surface area contributed by atoms with Crippen LogP contribution in [-0.2, 0) is 19.0 Å². The number of aliphatic imine (C=N–C) groups is 1. The molecule has 0 amide bonds. The van der Waals surface area contributed by atoms with Gasteiger partial charge < -0.3 is 10.1 Å². The smallest absolute Gasteiger partial charge is 0.416 e. The summed E-state index contributed by atoms with van der Waals surface area (Å²) in [5.74, 6) is 0.576. The summed E-state index contributed by atoms with van der Waals surface area (Å²) in [6.07, 6.45) is -3.98. The molecule has 2 aromatic carbocycles. The van der Waals surface area contributed by atoms with Crippen LogP contribution >= 0.6 is 0 Å². The molecule has 0 saturated carbocycles. The molecular weight excluding hydrogens is 348 g/mol. The second-order valence-electron chi connectivity index (χ2n) is 5.95. The fourth-order valence-electron chi connectivity index (χ4n) is 3.02. The lowest BCUT2D eigenvalue weighted by Gasteiger charge is -2.15. The van der Waals surface area contributed by atoms with Crippen molar-refractivity contribution in [1.82, 2.24) is 5.32 Å². The molecule has 2 aromatic rings. The van der Waals surface area contributed by atoms with Crippen molar-refractivity contribution in [2.75, 3.05) is 20.2 Å². The van der Waals surface area contributed by atoms with Crippen molar-refractivity contribution >= 4 is 5.84 Å². The third kappa shape index (κ3) is 3.81. The normalized spacial score (nSPS) is 14.1. The van der Waals surface area contributed by atoms with Gasteiger partial charge in [0.05, 0.1) is 19.2 Å². The number of alkyl halides is 3. The summed E-state index contributed by atoms with van der Waals surface area (Å²) < 4.78 is 58.5. The number of methoxy groups -OCH3 is 1. The zero-order chi connectivity index (χ0) is 18.7. The number of aryl methyl sites for hydroxylation is 1. The van der Waals surface area contributed by atoms with Crippen LogP contribution < -0.4 is 10.1 Å². The van der Waals surface area contributed by atoms with Gasteiger partial charge in [0, 0.05) is 12.1 Å². The Morgan fingerprint density at radius 3 is 2.62 bits per heavy atom. The Bertz CT molecular complexity index is 831. The van der Waals surface area contributed by atoms with E-state index in [2.05, 4.69) is 10.3 Å². The van der Waals surface area contributed by atoms with E-state index in [1.807, 2.05) is 0 Å². The van der Waals surface area contributed by atoms with Gasteiger partial charge in [0.1, 0.15) is 17.4 Å². The van der Waals surface area contributed by atoms with E-state index >= 15 is 0 Å². The van der Waals surface area contributed by atoms with Crippen LogP contribution in [-0.4, -0.2) is 26.0 Å². The molecule has 0 spiro atoms. The fourth-order valence-corrected chi connectivity index (χ4v) is 3.02. The Morgan fingerprint density at radius 1 is 1.15 bits per heavy atom. The van der Waals surface area contributed by atoms with Gasteiger partial charge in [-0.3, -0.25) is 4.99 Å². The molecule has 1 aliphatic rings. The molecule has 26 heavy (non-hydrogen) atoms. The second kappa shape index (κ2) is 7.35. The molecule has 1 aliphatic heterocycles. The summed E-state index contributed by atoms with van der Waals surface area (Å²) in [5.41, 5.74) is 0.718. The topological polar surface area (TPSA) is 33.6 Å². The molecule has 0 radical (unpaired) electrons.